The fourth-order valence-electron chi connectivity index (χ4n) is 8.73. The maximum Gasteiger partial charge on any atom is 0.303 e. The van der Waals surface area contributed by atoms with Crippen molar-refractivity contribution >= 4 is 28.9 Å². The molecular formula is C46H58O27. The Morgan fingerprint density at radius 3 is 1.71 bits per heavy atom. The topological polar surface area (TPSA) is 394 Å². The zero-order chi connectivity index (χ0) is 53.2. The van der Waals surface area contributed by atoms with Crippen molar-refractivity contribution in [3.8, 4) is 28.6 Å². The second-order valence-electron chi connectivity index (χ2n) is 17.5. The molecule has 20 unspecified atom stereocenters. The number of phenols is 1. The van der Waals surface area contributed by atoms with Crippen molar-refractivity contribution in [2.75, 3.05) is 26.9 Å². The van der Waals surface area contributed by atoms with Gasteiger partial charge in [-0.25, -0.2) is 0 Å². The van der Waals surface area contributed by atoms with E-state index in [-0.39, 0.29) is 22.5 Å². The quantitative estimate of drug-likeness (QED) is 0.0493. The number of aliphatic hydroxyl groups is 9. The molecule has 27 heteroatoms. The Morgan fingerprint density at radius 1 is 0.575 bits per heavy atom. The Morgan fingerprint density at radius 2 is 1.12 bits per heavy atom. The van der Waals surface area contributed by atoms with E-state index in [4.69, 9.17) is 61.3 Å². The summed E-state index contributed by atoms with van der Waals surface area (Å²) in [5.74, 6) is -3.00. The lowest BCUT2D eigenvalue weighted by molar-refractivity contribution is -0.391. The van der Waals surface area contributed by atoms with Crippen LogP contribution in [0.4, 0.5) is 0 Å². The number of rotatable bonds is 16. The standard InChI is InChI=1S/C46H58O27/c1-16-38(64-17(2)49)36(59)42(66-19(4)51)44(63-16)62-15-29-33(56)39(65-18(3)50)37(60)43(71-29)72-41-35(58)32(55)28(14-48)70-46(41)73-40-34(57)31(54)27(13-47)69-45(40)67-22-10-23(52)30-24(53)12-25(68-26(30)11-22)20-6-8-21(61-5)9-7-20/h6-12,16,27-29,31-48,52,54-60H,13-15H2,1-5H3. The van der Waals surface area contributed by atoms with E-state index in [0.29, 0.717) is 11.3 Å². The number of esters is 3. The summed E-state index contributed by atoms with van der Waals surface area (Å²) in [6, 6.07) is 9.84. The number of fused-ring (bicyclic) bond motifs is 1. The second kappa shape index (κ2) is 23.6. The van der Waals surface area contributed by atoms with Gasteiger partial charge in [0.25, 0.3) is 0 Å². The summed E-state index contributed by atoms with van der Waals surface area (Å²) >= 11 is 0. The Kier molecular flexibility index (Phi) is 17.9. The number of benzene rings is 2. The highest BCUT2D eigenvalue weighted by atomic mass is 16.8. The fraction of sp³-hybridized carbons (Fsp3) is 0.609. The molecule has 404 valence electrons. The predicted octanol–water partition coefficient (Wildman–Crippen LogP) is -3.43. The summed E-state index contributed by atoms with van der Waals surface area (Å²) in [4.78, 5) is 49.4. The first-order valence-corrected chi connectivity index (χ1v) is 22.8. The smallest absolute Gasteiger partial charge is 0.303 e. The number of carbonyl (C=O) groups is 3. The van der Waals surface area contributed by atoms with Crippen LogP contribution in [0.2, 0.25) is 0 Å². The number of hydrogen-bond acceptors (Lipinski definition) is 27. The first-order chi connectivity index (χ1) is 34.6. The minimum Gasteiger partial charge on any atom is -0.507 e. The van der Waals surface area contributed by atoms with E-state index in [1.54, 1.807) is 24.3 Å². The third kappa shape index (κ3) is 12.2. The van der Waals surface area contributed by atoms with Crippen LogP contribution in [0.15, 0.2) is 51.7 Å². The first-order valence-electron chi connectivity index (χ1n) is 22.8. The molecule has 3 aromatic rings. The van der Waals surface area contributed by atoms with Crippen LogP contribution in [0.5, 0.6) is 17.2 Å². The first kappa shape index (κ1) is 55.6. The van der Waals surface area contributed by atoms with Crippen molar-refractivity contribution in [3.63, 3.8) is 0 Å². The van der Waals surface area contributed by atoms with Gasteiger partial charge in [-0.05, 0) is 31.2 Å². The van der Waals surface area contributed by atoms with Gasteiger partial charge in [0.15, 0.2) is 48.7 Å². The van der Waals surface area contributed by atoms with E-state index in [2.05, 4.69) is 0 Å². The van der Waals surface area contributed by atoms with E-state index in [1.807, 2.05) is 0 Å². The van der Waals surface area contributed by atoms with Crippen LogP contribution >= 0.6 is 0 Å². The average molecular weight is 1040 g/mol. The highest BCUT2D eigenvalue weighted by molar-refractivity contribution is 5.86. The lowest BCUT2D eigenvalue weighted by Gasteiger charge is -2.48. The van der Waals surface area contributed by atoms with Gasteiger partial charge < -0.3 is 112 Å². The maximum atomic E-state index is 13.2. The molecule has 10 N–H and O–H groups in total. The molecule has 0 spiro atoms. The molecule has 4 saturated heterocycles. The highest BCUT2D eigenvalue weighted by Crippen LogP contribution is 2.37. The Labute approximate surface area is 413 Å². The number of methoxy groups -OCH3 is 1. The van der Waals surface area contributed by atoms with Gasteiger partial charge in [0.1, 0.15) is 101 Å². The monoisotopic (exact) mass is 1040 g/mol. The third-order valence-electron chi connectivity index (χ3n) is 12.4. The maximum absolute atomic E-state index is 13.2. The van der Waals surface area contributed by atoms with Gasteiger partial charge in [-0.15, -0.1) is 0 Å². The molecule has 5 heterocycles. The molecule has 7 rings (SSSR count). The zero-order valence-corrected chi connectivity index (χ0v) is 39.6. The lowest BCUT2D eigenvalue weighted by Crippen LogP contribution is -2.67. The number of hydrogen-bond donors (Lipinski definition) is 10. The van der Waals surface area contributed by atoms with Crippen molar-refractivity contribution in [2.45, 2.75) is 151 Å². The van der Waals surface area contributed by atoms with Crippen LogP contribution in [0.3, 0.4) is 0 Å². The Hall–Kier alpha value is -5.18. The van der Waals surface area contributed by atoms with Crippen LogP contribution < -0.4 is 14.9 Å². The van der Waals surface area contributed by atoms with Crippen LogP contribution in [0.25, 0.3) is 22.3 Å². The summed E-state index contributed by atoms with van der Waals surface area (Å²) in [5, 5.41) is 110. The van der Waals surface area contributed by atoms with Crippen LogP contribution in [0, 0.1) is 0 Å². The molecule has 4 fully saturated rings. The van der Waals surface area contributed by atoms with Crippen LogP contribution in [-0.2, 0) is 61.8 Å². The summed E-state index contributed by atoms with van der Waals surface area (Å²) in [7, 11) is 1.47. The third-order valence-corrected chi connectivity index (χ3v) is 12.4. The molecule has 73 heavy (non-hydrogen) atoms. The molecule has 0 bridgehead atoms. The lowest BCUT2D eigenvalue weighted by atomic mass is 9.96. The molecule has 2 aromatic carbocycles. The highest BCUT2D eigenvalue weighted by Gasteiger charge is 2.56. The van der Waals surface area contributed by atoms with Gasteiger partial charge in [-0.3, -0.25) is 19.2 Å². The van der Waals surface area contributed by atoms with E-state index < -0.39 is 172 Å². The fourth-order valence-corrected chi connectivity index (χ4v) is 8.73. The molecule has 1 aromatic heterocycles. The van der Waals surface area contributed by atoms with Crippen molar-refractivity contribution < 1.29 is 127 Å². The number of phenolic OH excluding ortho intramolecular Hbond substituents is 1. The molecule has 4 aliphatic rings. The Bertz CT molecular complexity index is 2430. The van der Waals surface area contributed by atoms with Crippen LogP contribution in [-0.4, -0.2) is 219 Å². The minimum atomic E-state index is -2.13. The number of carbonyl (C=O) groups excluding carboxylic acids is 3. The van der Waals surface area contributed by atoms with Gasteiger partial charge >= 0.3 is 17.9 Å². The molecule has 0 aliphatic carbocycles. The molecule has 0 radical (unpaired) electrons. The van der Waals surface area contributed by atoms with Gasteiger partial charge in [0, 0.05) is 44.5 Å². The van der Waals surface area contributed by atoms with Gasteiger partial charge in [-0.1, -0.05) is 0 Å². The minimum absolute atomic E-state index is 0.0845. The van der Waals surface area contributed by atoms with Crippen molar-refractivity contribution in [1.82, 2.24) is 0 Å². The predicted molar refractivity (Wildman–Crippen MR) is 236 cm³/mol. The molecular weight excluding hydrogens is 984 g/mol. The van der Waals surface area contributed by atoms with Crippen molar-refractivity contribution in [2.24, 2.45) is 0 Å². The molecule has 0 saturated carbocycles. The Balaban J connectivity index is 1.16. The van der Waals surface area contributed by atoms with Crippen molar-refractivity contribution in [3.05, 3.63) is 52.7 Å². The number of aromatic hydroxyl groups is 1. The molecule has 20 atom stereocenters. The van der Waals surface area contributed by atoms with E-state index >= 15 is 0 Å². The van der Waals surface area contributed by atoms with E-state index in [9.17, 15) is 70.2 Å². The summed E-state index contributed by atoms with van der Waals surface area (Å²) in [6.45, 7) is 1.85. The van der Waals surface area contributed by atoms with Gasteiger partial charge in [-0.2, -0.15) is 0 Å². The van der Waals surface area contributed by atoms with Crippen LogP contribution in [0.1, 0.15) is 27.7 Å². The normalized spacial score (nSPS) is 36.7. The molecule has 0 amide bonds. The summed E-state index contributed by atoms with van der Waals surface area (Å²) < 4.78 is 74.0. The SMILES string of the molecule is COc1ccc(-c2cc(=O)c3c(O)cc(OC4OC(CO)C(O)C(O)C4OC4OC(CO)C(O)C(O)C4OC4OC(COC5OC(C)C(OC(C)=O)C(O)C5OC(C)=O)C(O)C(OC(C)=O)C4O)cc3o2)cc1. The van der Waals surface area contributed by atoms with E-state index in [0.717, 1.165) is 32.9 Å². The largest absolute Gasteiger partial charge is 0.507 e. The number of ether oxygens (including phenoxy) is 12. The molecule has 27 nitrogen and oxygen atoms in total. The molecule has 4 aliphatic heterocycles. The zero-order valence-electron chi connectivity index (χ0n) is 39.6. The van der Waals surface area contributed by atoms with Gasteiger partial charge in [0.2, 0.25) is 6.29 Å². The second-order valence-corrected chi connectivity index (χ2v) is 17.5. The van der Waals surface area contributed by atoms with Crippen molar-refractivity contribution in [1.29, 1.82) is 0 Å². The summed E-state index contributed by atoms with van der Waals surface area (Å²) in [5.41, 5.74) is -0.366. The van der Waals surface area contributed by atoms with E-state index in [1.165, 1.54) is 20.1 Å². The summed E-state index contributed by atoms with van der Waals surface area (Å²) in [6.07, 6.45) is -36.3. The van der Waals surface area contributed by atoms with Gasteiger partial charge in [0.05, 0.1) is 33.0 Å². The number of aliphatic hydroxyl groups excluding tert-OH is 9. The average Bonchev–Trinajstić information content (AvgIpc) is 3.34.